The van der Waals surface area contributed by atoms with E-state index in [2.05, 4.69) is 6.92 Å². The van der Waals surface area contributed by atoms with Crippen molar-refractivity contribution in [2.45, 2.75) is 53.9 Å². The third-order valence-corrected chi connectivity index (χ3v) is 3.20. The Labute approximate surface area is 128 Å². The Balaban J connectivity index is 4.39. The van der Waals surface area contributed by atoms with Crippen LogP contribution in [-0.4, -0.2) is 48.2 Å². The van der Waals surface area contributed by atoms with Gasteiger partial charge in [-0.25, -0.2) is 0 Å². The number of ether oxygens (including phenoxy) is 1. The van der Waals surface area contributed by atoms with E-state index in [0.717, 1.165) is 25.9 Å². The van der Waals surface area contributed by atoms with Crippen LogP contribution in [0.5, 0.6) is 0 Å². The fourth-order valence-electron chi connectivity index (χ4n) is 1.86. The Morgan fingerprint density at radius 1 is 1.19 bits per heavy atom. The molecule has 1 amide bonds. The third-order valence-electron chi connectivity index (χ3n) is 3.20. The van der Waals surface area contributed by atoms with Gasteiger partial charge in [-0.1, -0.05) is 41.0 Å². The van der Waals surface area contributed by atoms with Gasteiger partial charge >= 0.3 is 5.97 Å². The van der Waals surface area contributed by atoms with Crippen LogP contribution in [0, 0.1) is 11.3 Å². The average Bonchev–Trinajstić information content (AvgIpc) is 2.39. The van der Waals surface area contributed by atoms with E-state index in [1.165, 1.54) is 0 Å². The normalized spacial score (nSPS) is 13.0. The largest absolute Gasteiger partial charge is 0.481 e. The lowest BCUT2D eigenvalue weighted by Crippen LogP contribution is -2.43. The molecule has 0 saturated carbocycles. The molecular formula is C16H31NO4. The average molecular weight is 301 g/mol. The van der Waals surface area contributed by atoms with Crippen LogP contribution in [0.1, 0.15) is 53.9 Å². The Morgan fingerprint density at radius 2 is 1.76 bits per heavy atom. The number of carbonyl (C=O) groups excluding carboxylic acids is 1. The number of hydrogen-bond donors (Lipinski definition) is 1. The molecule has 0 spiro atoms. The molecule has 1 atom stereocenters. The Morgan fingerprint density at radius 3 is 2.24 bits per heavy atom. The fourth-order valence-corrected chi connectivity index (χ4v) is 1.86. The zero-order chi connectivity index (χ0) is 16.5. The van der Waals surface area contributed by atoms with Crippen molar-refractivity contribution in [1.29, 1.82) is 0 Å². The molecule has 21 heavy (non-hydrogen) atoms. The highest BCUT2D eigenvalue weighted by atomic mass is 16.5. The molecule has 0 radical (unpaired) electrons. The van der Waals surface area contributed by atoms with Gasteiger partial charge in [0.1, 0.15) is 0 Å². The molecule has 0 aromatic heterocycles. The zero-order valence-electron chi connectivity index (χ0n) is 14.1. The van der Waals surface area contributed by atoms with Crippen molar-refractivity contribution < 1.29 is 19.4 Å². The summed E-state index contributed by atoms with van der Waals surface area (Å²) < 4.78 is 5.49. The maximum Gasteiger partial charge on any atom is 0.308 e. The highest BCUT2D eigenvalue weighted by Crippen LogP contribution is 2.18. The highest BCUT2D eigenvalue weighted by molar-refractivity contribution is 5.82. The number of carboxylic acid groups (broad SMARTS) is 1. The number of hydrogen-bond acceptors (Lipinski definition) is 3. The van der Waals surface area contributed by atoms with Crippen LogP contribution in [0.15, 0.2) is 0 Å². The number of carbonyl (C=O) groups is 2. The maximum absolute atomic E-state index is 12.4. The SMILES string of the molecule is CCCCOCCCN(CC(C)C(=O)O)C(=O)C(C)(C)C. The first-order valence-corrected chi connectivity index (χ1v) is 7.80. The number of aliphatic carboxylic acids is 1. The number of carboxylic acids is 1. The van der Waals surface area contributed by atoms with Gasteiger partial charge in [0.2, 0.25) is 5.91 Å². The molecule has 0 saturated heterocycles. The quantitative estimate of drug-likeness (QED) is 0.630. The molecule has 1 unspecified atom stereocenters. The van der Waals surface area contributed by atoms with Gasteiger partial charge in [0.15, 0.2) is 0 Å². The summed E-state index contributed by atoms with van der Waals surface area (Å²) in [7, 11) is 0. The van der Waals surface area contributed by atoms with E-state index in [4.69, 9.17) is 9.84 Å². The first kappa shape index (κ1) is 19.9. The van der Waals surface area contributed by atoms with Gasteiger partial charge < -0.3 is 14.7 Å². The molecule has 0 aliphatic rings. The summed E-state index contributed by atoms with van der Waals surface area (Å²) in [4.78, 5) is 25.0. The molecule has 5 heteroatoms. The van der Waals surface area contributed by atoms with E-state index in [1.54, 1.807) is 11.8 Å². The minimum atomic E-state index is -0.874. The van der Waals surface area contributed by atoms with E-state index in [0.29, 0.717) is 13.2 Å². The first-order valence-electron chi connectivity index (χ1n) is 7.80. The van der Waals surface area contributed by atoms with Gasteiger partial charge in [-0.05, 0) is 12.8 Å². The molecule has 5 nitrogen and oxygen atoms in total. The van der Waals surface area contributed by atoms with Crippen LogP contribution in [0.3, 0.4) is 0 Å². The summed E-state index contributed by atoms with van der Waals surface area (Å²) in [6.45, 7) is 11.4. The first-order chi connectivity index (χ1) is 9.70. The highest BCUT2D eigenvalue weighted by Gasteiger charge is 2.29. The van der Waals surface area contributed by atoms with Crippen LogP contribution in [0.2, 0.25) is 0 Å². The lowest BCUT2D eigenvalue weighted by molar-refractivity contribution is -0.145. The third kappa shape index (κ3) is 8.71. The zero-order valence-corrected chi connectivity index (χ0v) is 14.1. The second-order valence-corrected chi connectivity index (χ2v) is 6.56. The standard InChI is InChI=1S/C16H31NO4/c1-6-7-10-21-11-8-9-17(12-13(2)14(18)19)15(20)16(3,4)5/h13H,6-12H2,1-5H3,(H,18,19). The second kappa shape index (κ2) is 9.77. The summed E-state index contributed by atoms with van der Waals surface area (Å²) in [5.41, 5.74) is -0.499. The summed E-state index contributed by atoms with van der Waals surface area (Å²) in [5, 5.41) is 9.02. The van der Waals surface area contributed by atoms with Gasteiger partial charge in [-0.15, -0.1) is 0 Å². The van der Waals surface area contributed by atoms with Crippen molar-refractivity contribution in [1.82, 2.24) is 4.90 Å². The molecule has 0 aliphatic carbocycles. The lowest BCUT2D eigenvalue weighted by Gasteiger charge is -2.30. The maximum atomic E-state index is 12.4. The number of amides is 1. The van der Waals surface area contributed by atoms with Gasteiger partial charge in [-0.3, -0.25) is 9.59 Å². The molecule has 0 aliphatic heterocycles. The number of nitrogens with zero attached hydrogens (tertiary/aromatic N) is 1. The lowest BCUT2D eigenvalue weighted by atomic mass is 9.94. The Hall–Kier alpha value is -1.10. The van der Waals surface area contributed by atoms with Gasteiger partial charge in [0.05, 0.1) is 5.92 Å². The molecule has 0 fully saturated rings. The van der Waals surface area contributed by atoms with Crippen LogP contribution >= 0.6 is 0 Å². The molecular weight excluding hydrogens is 270 g/mol. The second-order valence-electron chi connectivity index (χ2n) is 6.56. The summed E-state index contributed by atoms with van der Waals surface area (Å²) in [5.74, 6) is -1.44. The molecule has 0 heterocycles. The number of unbranched alkanes of at least 4 members (excludes halogenated alkanes) is 1. The van der Waals surface area contributed by atoms with Gasteiger partial charge in [-0.2, -0.15) is 0 Å². The molecule has 0 rings (SSSR count). The molecule has 1 N–H and O–H groups in total. The molecule has 0 aromatic rings. The minimum Gasteiger partial charge on any atom is -0.481 e. The topological polar surface area (TPSA) is 66.8 Å². The van der Waals surface area contributed by atoms with E-state index < -0.39 is 17.3 Å². The van der Waals surface area contributed by atoms with Crippen molar-refractivity contribution in [3.63, 3.8) is 0 Å². The molecule has 124 valence electrons. The summed E-state index contributed by atoms with van der Waals surface area (Å²) >= 11 is 0. The van der Waals surface area contributed by atoms with Crippen molar-refractivity contribution in [2.24, 2.45) is 11.3 Å². The van der Waals surface area contributed by atoms with Crippen LogP contribution in [-0.2, 0) is 14.3 Å². The fraction of sp³-hybridized carbons (Fsp3) is 0.875. The van der Waals surface area contributed by atoms with E-state index in [1.807, 2.05) is 20.8 Å². The van der Waals surface area contributed by atoms with Gasteiger partial charge in [0.25, 0.3) is 0 Å². The minimum absolute atomic E-state index is 0.0100. The van der Waals surface area contributed by atoms with E-state index >= 15 is 0 Å². The van der Waals surface area contributed by atoms with E-state index in [-0.39, 0.29) is 12.5 Å². The monoisotopic (exact) mass is 301 g/mol. The predicted molar refractivity (Wildman–Crippen MR) is 83.2 cm³/mol. The Bertz CT molecular complexity index is 323. The summed E-state index contributed by atoms with van der Waals surface area (Å²) in [6.07, 6.45) is 2.88. The summed E-state index contributed by atoms with van der Waals surface area (Å²) in [6, 6.07) is 0. The van der Waals surface area contributed by atoms with Crippen molar-refractivity contribution >= 4 is 11.9 Å². The Kier molecular flexibility index (Phi) is 9.26. The molecule has 0 aromatic carbocycles. The van der Waals surface area contributed by atoms with Crippen LogP contribution in [0.25, 0.3) is 0 Å². The van der Waals surface area contributed by atoms with Crippen LogP contribution < -0.4 is 0 Å². The van der Waals surface area contributed by atoms with Crippen LogP contribution in [0.4, 0.5) is 0 Å². The predicted octanol–water partition coefficient (Wildman–Crippen LogP) is 2.79. The number of rotatable bonds is 10. The van der Waals surface area contributed by atoms with Crippen molar-refractivity contribution in [3.8, 4) is 0 Å². The smallest absolute Gasteiger partial charge is 0.308 e. The van der Waals surface area contributed by atoms with Crippen molar-refractivity contribution in [2.75, 3.05) is 26.3 Å². The van der Waals surface area contributed by atoms with Crippen molar-refractivity contribution in [3.05, 3.63) is 0 Å². The van der Waals surface area contributed by atoms with Gasteiger partial charge in [0, 0.05) is 31.7 Å². The van der Waals surface area contributed by atoms with E-state index in [9.17, 15) is 9.59 Å². The molecule has 0 bridgehead atoms.